The summed E-state index contributed by atoms with van der Waals surface area (Å²) in [5, 5.41) is 32.2. The highest BCUT2D eigenvalue weighted by Crippen LogP contribution is 1.97. The van der Waals surface area contributed by atoms with Crippen LogP contribution in [0.1, 0.15) is 39.5 Å². The predicted molar refractivity (Wildman–Crippen MR) is 84.8 cm³/mol. The Morgan fingerprint density at radius 3 is 1.15 bits per heavy atom. The van der Waals surface area contributed by atoms with Crippen LogP contribution in [-0.4, -0.2) is 56.1 Å². The largest absolute Gasteiger partial charge is 0.481 e. The topological polar surface area (TPSA) is 115 Å². The Labute approximate surface area is 131 Å². The summed E-state index contributed by atoms with van der Waals surface area (Å²) in [7, 11) is 0. The van der Waals surface area contributed by atoms with Crippen LogP contribution in [0.5, 0.6) is 0 Å². The average Bonchev–Trinajstić information content (AvgIpc) is 2.24. The van der Waals surface area contributed by atoms with Gasteiger partial charge < -0.3 is 20.4 Å². The van der Waals surface area contributed by atoms with Crippen LogP contribution >= 0.6 is 25.3 Å². The predicted octanol–water partition coefficient (Wildman–Crippen LogP) is 1.31. The van der Waals surface area contributed by atoms with Gasteiger partial charge in [-0.25, -0.2) is 0 Å². The first-order valence-corrected chi connectivity index (χ1v) is 7.22. The minimum absolute atomic E-state index is 0.0301. The Kier molecular flexibility index (Phi) is 22.8. The third-order valence-corrected chi connectivity index (χ3v) is 1.87. The van der Waals surface area contributed by atoms with Crippen molar-refractivity contribution in [2.24, 2.45) is 0 Å². The number of hydrogen-bond acceptors (Lipinski definition) is 6. The van der Waals surface area contributed by atoms with Crippen molar-refractivity contribution < 1.29 is 30.0 Å². The molecule has 8 heteroatoms. The molecule has 0 aliphatic carbocycles. The van der Waals surface area contributed by atoms with Gasteiger partial charge in [-0.15, -0.1) is 0 Å². The van der Waals surface area contributed by atoms with E-state index in [1.807, 2.05) is 0 Å². The molecule has 4 N–H and O–H groups in total. The monoisotopic (exact) mass is 330 g/mol. The fourth-order valence-corrected chi connectivity index (χ4v) is 1.04. The van der Waals surface area contributed by atoms with Gasteiger partial charge in [0.1, 0.15) is 0 Å². The Bertz CT molecular complexity index is 210. The third-order valence-electron chi connectivity index (χ3n) is 1.51. The highest BCUT2D eigenvalue weighted by atomic mass is 32.1. The Morgan fingerprint density at radius 1 is 0.850 bits per heavy atom. The highest BCUT2D eigenvalue weighted by Gasteiger charge is 1.99. The summed E-state index contributed by atoms with van der Waals surface area (Å²) < 4.78 is 0. The molecular formula is C12H26O6S2. The minimum atomic E-state index is -0.789. The molecule has 0 radical (unpaired) electrons. The molecule has 2 unspecified atom stereocenters. The van der Waals surface area contributed by atoms with Crippen LogP contribution < -0.4 is 0 Å². The lowest BCUT2D eigenvalue weighted by Crippen LogP contribution is -2.01. The van der Waals surface area contributed by atoms with E-state index in [1.54, 1.807) is 13.8 Å². The quantitative estimate of drug-likeness (QED) is 0.310. The van der Waals surface area contributed by atoms with Gasteiger partial charge in [-0.05, 0) is 12.8 Å². The van der Waals surface area contributed by atoms with Gasteiger partial charge in [-0.3, -0.25) is 9.59 Å². The van der Waals surface area contributed by atoms with Gasteiger partial charge in [-0.2, -0.15) is 25.3 Å². The van der Waals surface area contributed by atoms with Gasteiger partial charge in [0.2, 0.25) is 0 Å². The fraction of sp³-hybridized carbons (Fsp3) is 0.833. The number of rotatable bonds is 7. The van der Waals surface area contributed by atoms with Crippen molar-refractivity contribution in [1.82, 2.24) is 0 Å². The van der Waals surface area contributed by atoms with Crippen LogP contribution in [-0.2, 0) is 9.59 Å². The molecule has 0 fully saturated rings. The van der Waals surface area contributed by atoms with Gasteiger partial charge in [0.15, 0.2) is 0 Å². The molecule has 20 heavy (non-hydrogen) atoms. The summed E-state index contributed by atoms with van der Waals surface area (Å²) in [5.74, 6) is -1.58. The van der Waals surface area contributed by atoms with Crippen LogP contribution in [0.25, 0.3) is 0 Å². The maximum Gasteiger partial charge on any atom is 0.304 e. The Hall–Kier alpha value is -0.440. The number of aliphatic hydroxyl groups is 2. The highest BCUT2D eigenvalue weighted by molar-refractivity contribution is 7.81. The lowest BCUT2D eigenvalue weighted by atomic mass is 10.3. The van der Waals surface area contributed by atoms with Gasteiger partial charge in [-0.1, -0.05) is 13.8 Å². The first kappa shape index (κ1) is 24.6. The summed E-state index contributed by atoms with van der Waals surface area (Å²) in [4.78, 5) is 19.5. The van der Waals surface area contributed by atoms with Crippen molar-refractivity contribution in [2.75, 3.05) is 13.2 Å². The molecule has 0 heterocycles. The smallest absolute Gasteiger partial charge is 0.304 e. The summed E-state index contributed by atoms with van der Waals surface area (Å²) in [6.45, 7) is 3.88. The number of thiol groups is 2. The molecule has 0 aliphatic heterocycles. The SMILES string of the molecule is CC(S)CC(=O)O.CC(S)CC(=O)O.OCCCCO. The third kappa shape index (κ3) is 43.2. The molecule has 0 saturated heterocycles. The average molecular weight is 330 g/mol. The number of aliphatic carboxylic acids is 2. The van der Waals surface area contributed by atoms with E-state index in [4.69, 9.17) is 20.4 Å². The van der Waals surface area contributed by atoms with Gasteiger partial charge in [0, 0.05) is 23.7 Å². The zero-order valence-electron chi connectivity index (χ0n) is 11.9. The number of carboxylic acids is 2. The van der Waals surface area contributed by atoms with E-state index in [1.165, 1.54) is 0 Å². The first-order valence-electron chi connectivity index (χ1n) is 6.18. The van der Waals surface area contributed by atoms with Crippen LogP contribution in [0.4, 0.5) is 0 Å². The van der Waals surface area contributed by atoms with E-state index in [2.05, 4.69) is 25.3 Å². The molecule has 0 saturated carbocycles. The van der Waals surface area contributed by atoms with E-state index in [0.717, 1.165) is 12.8 Å². The van der Waals surface area contributed by atoms with Crippen molar-refractivity contribution in [1.29, 1.82) is 0 Å². The van der Waals surface area contributed by atoms with Crippen LogP contribution in [0.3, 0.4) is 0 Å². The second-order valence-electron chi connectivity index (χ2n) is 4.05. The zero-order chi connectivity index (χ0) is 16.6. The van der Waals surface area contributed by atoms with Crippen molar-refractivity contribution in [3.63, 3.8) is 0 Å². The molecule has 0 aromatic heterocycles. The molecule has 0 rings (SSSR count). The van der Waals surface area contributed by atoms with E-state index in [-0.39, 0.29) is 36.6 Å². The molecular weight excluding hydrogens is 304 g/mol. The molecule has 0 aliphatic rings. The number of unbranched alkanes of at least 4 members (excludes halogenated alkanes) is 1. The molecule has 0 aromatic carbocycles. The van der Waals surface area contributed by atoms with Crippen molar-refractivity contribution >= 4 is 37.2 Å². The molecule has 0 aromatic rings. The molecule has 2 atom stereocenters. The fourth-order valence-electron chi connectivity index (χ4n) is 0.729. The second-order valence-corrected chi connectivity index (χ2v) is 5.81. The van der Waals surface area contributed by atoms with Crippen molar-refractivity contribution in [3.05, 3.63) is 0 Å². The summed E-state index contributed by atoms with van der Waals surface area (Å²) in [6, 6.07) is 0. The first-order chi connectivity index (χ1) is 9.17. The van der Waals surface area contributed by atoms with E-state index < -0.39 is 11.9 Å². The summed E-state index contributed by atoms with van der Waals surface area (Å²) >= 11 is 7.71. The van der Waals surface area contributed by atoms with Gasteiger partial charge in [0.05, 0.1) is 12.8 Å². The minimum Gasteiger partial charge on any atom is -0.481 e. The normalized spacial score (nSPS) is 12.1. The second kappa shape index (κ2) is 18.6. The zero-order valence-corrected chi connectivity index (χ0v) is 13.7. The number of carbonyl (C=O) groups is 2. The number of carboxylic acid groups (broad SMARTS) is 2. The van der Waals surface area contributed by atoms with Crippen LogP contribution in [0.15, 0.2) is 0 Å². The maximum absolute atomic E-state index is 9.76. The molecule has 6 nitrogen and oxygen atoms in total. The van der Waals surface area contributed by atoms with Gasteiger partial charge in [0.25, 0.3) is 0 Å². The van der Waals surface area contributed by atoms with Crippen molar-refractivity contribution in [3.8, 4) is 0 Å². The summed E-state index contributed by atoms with van der Waals surface area (Å²) in [6.07, 6.45) is 1.72. The standard InChI is InChI=1S/2C4H8O2S.C4H10O2/c2*1-3(7)2-4(5)6;5-3-1-2-4-6/h2*3,7H,2H2,1H3,(H,5,6);5-6H,1-4H2. The lowest BCUT2D eigenvalue weighted by molar-refractivity contribution is -0.137. The summed E-state index contributed by atoms with van der Waals surface area (Å²) in [5.41, 5.74) is 0. The van der Waals surface area contributed by atoms with Crippen LogP contribution in [0, 0.1) is 0 Å². The molecule has 0 bridgehead atoms. The number of hydrogen-bond donors (Lipinski definition) is 6. The van der Waals surface area contributed by atoms with E-state index in [9.17, 15) is 9.59 Å². The van der Waals surface area contributed by atoms with Crippen LogP contribution in [0.2, 0.25) is 0 Å². The Morgan fingerprint density at radius 2 is 1.10 bits per heavy atom. The molecule has 0 amide bonds. The van der Waals surface area contributed by atoms with E-state index >= 15 is 0 Å². The van der Waals surface area contributed by atoms with E-state index in [0.29, 0.717) is 0 Å². The van der Waals surface area contributed by atoms with Crippen molar-refractivity contribution in [2.45, 2.75) is 50.0 Å². The molecule has 0 spiro atoms. The maximum atomic E-state index is 9.76. The molecule has 122 valence electrons. The van der Waals surface area contributed by atoms with Gasteiger partial charge >= 0.3 is 11.9 Å². The lowest BCUT2D eigenvalue weighted by Gasteiger charge is -1.93. The number of aliphatic hydroxyl groups excluding tert-OH is 2. The Balaban J connectivity index is -0.000000218.